The van der Waals surface area contributed by atoms with Crippen molar-refractivity contribution in [2.45, 2.75) is 30.2 Å². The van der Waals surface area contributed by atoms with E-state index in [2.05, 4.69) is 22.3 Å². The third kappa shape index (κ3) is 2.73. The summed E-state index contributed by atoms with van der Waals surface area (Å²) in [6.45, 7) is 2.06. The Morgan fingerprint density at radius 2 is 2.39 bits per heavy atom. The molecular weight excluding hydrogens is 250 g/mol. The number of hydrogen-bond acceptors (Lipinski definition) is 5. The maximum absolute atomic E-state index is 8.60. The van der Waals surface area contributed by atoms with Gasteiger partial charge in [-0.25, -0.2) is 0 Å². The van der Waals surface area contributed by atoms with E-state index < -0.39 is 0 Å². The predicted octanol–water partition coefficient (Wildman–Crippen LogP) is 1.74. The molecule has 1 atom stereocenters. The second-order valence-corrected chi connectivity index (χ2v) is 5.12. The van der Waals surface area contributed by atoms with Crippen molar-refractivity contribution in [1.82, 2.24) is 14.6 Å². The third-order valence-electron chi connectivity index (χ3n) is 2.58. The third-order valence-corrected chi connectivity index (χ3v) is 3.90. The highest BCUT2D eigenvalue weighted by Gasteiger charge is 2.14. The maximum atomic E-state index is 8.60. The maximum Gasteiger partial charge on any atom is 0.195 e. The first kappa shape index (κ1) is 12.7. The van der Waals surface area contributed by atoms with Gasteiger partial charge in [-0.3, -0.25) is 4.40 Å². The van der Waals surface area contributed by atoms with Crippen LogP contribution >= 0.6 is 11.8 Å². The second kappa shape index (κ2) is 5.72. The Morgan fingerprint density at radius 3 is 3.11 bits per heavy atom. The summed E-state index contributed by atoms with van der Waals surface area (Å²) >= 11 is 1.59. The zero-order valence-electron chi connectivity index (χ0n) is 10.0. The predicted molar refractivity (Wildman–Crippen MR) is 70.9 cm³/mol. The quantitative estimate of drug-likeness (QED) is 0.282. The van der Waals surface area contributed by atoms with E-state index in [4.69, 9.17) is 10.9 Å². The lowest BCUT2D eigenvalue weighted by Crippen LogP contribution is -2.18. The molecule has 0 radical (unpaired) electrons. The van der Waals surface area contributed by atoms with Crippen molar-refractivity contribution >= 4 is 23.2 Å². The highest BCUT2D eigenvalue weighted by atomic mass is 32.2. The largest absolute Gasteiger partial charge is 0.409 e. The monoisotopic (exact) mass is 265 g/mol. The van der Waals surface area contributed by atoms with E-state index in [1.165, 1.54) is 0 Å². The van der Waals surface area contributed by atoms with Crippen molar-refractivity contribution in [2.24, 2.45) is 10.9 Å². The van der Waals surface area contributed by atoms with Crippen molar-refractivity contribution in [3.8, 4) is 0 Å². The summed E-state index contributed by atoms with van der Waals surface area (Å²) in [5.74, 6) is 0.239. The summed E-state index contributed by atoms with van der Waals surface area (Å²) in [5, 5.41) is 20.9. The molecule has 0 bridgehead atoms. The number of thioether (sulfide) groups is 1. The summed E-state index contributed by atoms with van der Waals surface area (Å²) < 4.78 is 1.93. The Bertz CT molecular complexity index is 553. The van der Waals surface area contributed by atoms with Crippen LogP contribution in [-0.2, 0) is 0 Å². The van der Waals surface area contributed by atoms with E-state index in [1.807, 2.05) is 28.8 Å². The summed E-state index contributed by atoms with van der Waals surface area (Å²) in [5.41, 5.74) is 6.35. The number of nitrogens with zero attached hydrogens (tertiary/aromatic N) is 4. The topological polar surface area (TPSA) is 88.8 Å². The molecule has 2 aromatic heterocycles. The zero-order valence-corrected chi connectivity index (χ0v) is 10.8. The van der Waals surface area contributed by atoms with Crippen molar-refractivity contribution in [3.63, 3.8) is 0 Å². The highest BCUT2D eigenvalue weighted by Crippen LogP contribution is 2.26. The molecule has 7 heteroatoms. The number of hydrogen-bond donors (Lipinski definition) is 2. The molecule has 2 heterocycles. The molecule has 0 aliphatic heterocycles. The first-order valence-electron chi connectivity index (χ1n) is 5.67. The SMILES string of the molecule is CCC(CC(N)=NO)Sc1nnc2ccccn12. The van der Waals surface area contributed by atoms with E-state index in [-0.39, 0.29) is 11.1 Å². The van der Waals surface area contributed by atoms with Gasteiger partial charge in [0.05, 0.1) is 0 Å². The van der Waals surface area contributed by atoms with Gasteiger partial charge in [-0.05, 0) is 18.6 Å². The van der Waals surface area contributed by atoms with Gasteiger partial charge in [0, 0.05) is 17.9 Å². The molecule has 0 amide bonds. The van der Waals surface area contributed by atoms with Crippen LogP contribution in [-0.4, -0.2) is 30.9 Å². The highest BCUT2D eigenvalue weighted by molar-refractivity contribution is 7.99. The Hall–Kier alpha value is -1.76. The summed E-state index contributed by atoms with van der Waals surface area (Å²) in [4.78, 5) is 0. The van der Waals surface area contributed by atoms with Crippen LogP contribution in [0.3, 0.4) is 0 Å². The first-order chi connectivity index (χ1) is 8.74. The minimum absolute atomic E-state index is 0.216. The van der Waals surface area contributed by atoms with E-state index in [0.717, 1.165) is 17.2 Å². The fraction of sp³-hybridized carbons (Fsp3) is 0.364. The fourth-order valence-electron chi connectivity index (χ4n) is 1.59. The average Bonchev–Trinajstić information content (AvgIpc) is 2.81. The molecule has 0 aliphatic carbocycles. The Morgan fingerprint density at radius 1 is 1.56 bits per heavy atom. The van der Waals surface area contributed by atoms with E-state index >= 15 is 0 Å². The van der Waals surface area contributed by atoms with Crippen LogP contribution in [0, 0.1) is 0 Å². The molecule has 0 saturated heterocycles. The summed E-state index contributed by atoms with van der Waals surface area (Å²) in [6, 6.07) is 5.76. The molecular formula is C11H15N5OS. The van der Waals surface area contributed by atoms with Crippen LogP contribution in [0.4, 0.5) is 0 Å². The van der Waals surface area contributed by atoms with Crippen molar-refractivity contribution in [3.05, 3.63) is 24.4 Å². The van der Waals surface area contributed by atoms with Gasteiger partial charge in [-0.15, -0.1) is 10.2 Å². The summed E-state index contributed by atoms with van der Waals surface area (Å²) in [7, 11) is 0. The van der Waals surface area contributed by atoms with Crippen LogP contribution in [0.25, 0.3) is 5.65 Å². The van der Waals surface area contributed by atoms with Crippen LogP contribution in [0.5, 0.6) is 0 Å². The van der Waals surface area contributed by atoms with Gasteiger partial charge in [0.25, 0.3) is 0 Å². The fourth-order valence-corrected chi connectivity index (χ4v) is 2.67. The molecule has 2 rings (SSSR count). The average molecular weight is 265 g/mol. The molecule has 6 nitrogen and oxygen atoms in total. The summed E-state index contributed by atoms with van der Waals surface area (Å²) in [6.07, 6.45) is 3.36. The molecule has 0 aliphatic rings. The van der Waals surface area contributed by atoms with Crippen LogP contribution in [0.15, 0.2) is 34.7 Å². The van der Waals surface area contributed by atoms with Crippen LogP contribution in [0.1, 0.15) is 19.8 Å². The minimum atomic E-state index is 0.216. The Kier molecular flexibility index (Phi) is 4.03. The number of aromatic nitrogens is 3. The molecule has 0 spiro atoms. The lowest BCUT2D eigenvalue weighted by molar-refractivity contribution is 0.316. The molecule has 2 aromatic rings. The van der Waals surface area contributed by atoms with Gasteiger partial charge in [-0.1, -0.05) is 29.9 Å². The Balaban J connectivity index is 2.16. The van der Waals surface area contributed by atoms with Gasteiger partial charge >= 0.3 is 0 Å². The molecule has 0 aromatic carbocycles. The van der Waals surface area contributed by atoms with Gasteiger partial charge in [0.1, 0.15) is 5.84 Å². The molecule has 18 heavy (non-hydrogen) atoms. The lowest BCUT2D eigenvalue weighted by Gasteiger charge is -2.11. The van der Waals surface area contributed by atoms with Gasteiger partial charge in [0.2, 0.25) is 0 Å². The van der Waals surface area contributed by atoms with E-state index in [1.54, 1.807) is 11.8 Å². The van der Waals surface area contributed by atoms with Crippen LogP contribution in [0.2, 0.25) is 0 Å². The second-order valence-electron chi connectivity index (χ2n) is 3.85. The first-order valence-corrected chi connectivity index (χ1v) is 6.55. The Labute approximate surface area is 109 Å². The van der Waals surface area contributed by atoms with Gasteiger partial charge in [0.15, 0.2) is 10.8 Å². The standard InChI is InChI=1S/C11H15N5OS/c1-2-8(7-9(12)15-17)18-11-14-13-10-5-3-4-6-16(10)11/h3-6,8,17H,2,7H2,1H3,(H2,12,15). The zero-order chi connectivity index (χ0) is 13.0. The number of oxime groups is 1. The number of rotatable bonds is 5. The minimum Gasteiger partial charge on any atom is -0.409 e. The van der Waals surface area contributed by atoms with Crippen molar-refractivity contribution in [1.29, 1.82) is 0 Å². The number of amidine groups is 1. The number of nitrogens with two attached hydrogens (primary N) is 1. The molecule has 0 fully saturated rings. The molecule has 0 saturated carbocycles. The number of pyridine rings is 1. The van der Waals surface area contributed by atoms with Gasteiger partial charge in [-0.2, -0.15) is 0 Å². The lowest BCUT2D eigenvalue weighted by atomic mass is 10.2. The van der Waals surface area contributed by atoms with Crippen molar-refractivity contribution < 1.29 is 5.21 Å². The molecule has 3 N–H and O–H groups in total. The van der Waals surface area contributed by atoms with E-state index in [9.17, 15) is 0 Å². The number of fused-ring (bicyclic) bond motifs is 1. The molecule has 1 unspecified atom stereocenters. The normalized spacial score (nSPS) is 13.9. The van der Waals surface area contributed by atoms with Crippen LogP contribution < -0.4 is 5.73 Å². The van der Waals surface area contributed by atoms with Crippen molar-refractivity contribution in [2.75, 3.05) is 0 Å². The smallest absolute Gasteiger partial charge is 0.195 e. The van der Waals surface area contributed by atoms with Gasteiger partial charge < -0.3 is 10.9 Å². The molecule has 96 valence electrons. The van der Waals surface area contributed by atoms with E-state index in [0.29, 0.717) is 6.42 Å².